The molecule has 0 spiro atoms. The molecule has 7 heteroatoms. The lowest BCUT2D eigenvalue weighted by Gasteiger charge is -2.32. The first-order chi connectivity index (χ1) is 12.1. The summed E-state index contributed by atoms with van der Waals surface area (Å²) < 4.78 is 11.0. The normalized spacial score (nSPS) is 21.1. The van der Waals surface area contributed by atoms with Gasteiger partial charge in [0.25, 0.3) is 5.91 Å². The molecule has 136 valence electrons. The van der Waals surface area contributed by atoms with Crippen molar-refractivity contribution in [1.29, 1.82) is 0 Å². The monoisotopic (exact) mass is 347 g/mol. The van der Waals surface area contributed by atoms with Crippen molar-refractivity contribution in [1.82, 2.24) is 10.2 Å². The van der Waals surface area contributed by atoms with Gasteiger partial charge in [0.2, 0.25) is 5.91 Å². The van der Waals surface area contributed by atoms with Crippen LogP contribution in [0.15, 0.2) is 24.3 Å². The molecule has 2 amide bonds. The van der Waals surface area contributed by atoms with Gasteiger partial charge in [0.1, 0.15) is 0 Å². The number of hydrogen-bond donors (Lipinski definition) is 1. The molecule has 2 heterocycles. The number of ether oxygens (including phenoxy) is 2. The van der Waals surface area contributed by atoms with Crippen molar-refractivity contribution < 1.29 is 19.1 Å². The molecule has 0 aliphatic carbocycles. The van der Waals surface area contributed by atoms with Crippen LogP contribution in [0.25, 0.3) is 0 Å². The number of carbonyl (C=O) groups excluding carboxylic acids is 2. The van der Waals surface area contributed by atoms with Crippen LogP contribution in [0, 0.1) is 0 Å². The molecular weight excluding hydrogens is 322 g/mol. The predicted octanol–water partition coefficient (Wildman–Crippen LogP) is 0.500. The van der Waals surface area contributed by atoms with Crippen molar-refractivity contribution in [3.63, 3.8) is 0 Å². The molecule has 2 saturated heterocycles. The second-order valence-electron chi connectivity index (χ2n) is 6.28. The van der Waals surface area contributed by atoms with E-state index in [0.717, 1.165) is 18.8 Å². The highest BCUT2D eigenvalue weighted by molar-refractivity contribution is 5.99. The number of nitrogens with one attached hydrogen (secondary N) is 1. The molecule has 2 aliphatic rings. The zero-order chi connectivity index (χ0) is 17.6. The molecule has 1 N–H and O–H groups in total. The fraction of sp³-hybridized carbons (Fsp3) is 0.556. The molecule has 2 aliphatic heterocycles. The number of hydrogen-bond acceptors (Lipinski definition) is 5. The molecule has 0 bridgehead atoms. The van der Waals surface area contributed by atoms with Crippen molar-refractivity contribution in [3.8, 4) is 0 Å². The third-order valence-corrected chi connectivity index (χ3v) is 4.57. The van der Waals surface area contributed by atoms with Gasteiger partial charge in [0.05, 0.1) is 31.5 Å². The van der Waals surface area contributed by atoms with Gasteiger partial charge in [0.15, 0.2) is 0 Å². The van der Waals surface area contributed by atoms with E-state index in [1.54, 1.807) is 11.8 Å². The number of anilines is 1. The van der Waals surface area contributed by atoms with Crippen LogP contribution < -0.4 is 10.2 Å². The molecule has 1 aromatic carbocycles. The SMILES string of the molecule is CC(=O)N1CCOC(CNC(=O)c2ccccc2N2CCOCC2)C1. The van der Waals surface area contributed by atoms with Crippen LogP contribution in [0.2, 0.25) is 0 Å². The van der Waals surface area contributed by atoms with Crippen molar-refractivity contribution in [2.45, 2.75) is 13.0 Å². The molecule has 25 heavy (non-hydrogen) atoms. The van der Waals surface area contributed by atoms with E-state index in [1.807, 2.05) is 24.3 Å². The lowest BCUT2D eigenvalue weighted by molar-refractivity contribution is -0.136. The van der Waals surface area contributed by atoms with Crippen LogP contribution in [-0.4, -0.2) is 75.4 Å². The number of carbonyl (C=O) groups is 2. The van der Waals surface area contributed by atoms with Crippen molar-refractivity contribution in [2.24, 2.45) is 0 Å². The van der Waals surface area contributed by atoms with Gasteiger partial charge in [-0.15, -0.1) is 0 Å². The second-order valence-corrected chi connectivity index (χ2v) is 6.28. The van der Waals surface area contributed by atoms with Crippen LogP contribution in [0.5, 0.6) is 0 Å². The topological polar surface area (TPSA) is 71.1 Å². The van der Waals surface area contributed by atoms with Crippen LogP contribution in [0.4, 0.5) is 5.69 Å². The van der Waals surface area contributed by atoms with Gasteiger partial charge < -0.3 is 24.6 Å². The molecule has 0 saturated carbocycles. The van der Waals surface area contributed by atoms with Crippen LogP contribution in [0.3, 0.4) is 0 Å². The predicted molar refractivity (Wildman–Crippen MR) is 93.8 cm³/mol. The summed E-state index contributed by atoms with van der Waals surface area (Å²) in [6.45, 7) is 6.48. The van der Waals surface area contributed by atoms with E-state index in [2.05, 4.69) is 10.2 Å². The van der Waals surface area contributed by atoms with E-state index >= 15 is 0 Å². The third kappa shape index (κ3) is 4.49. The van der Waals surface area contributed by atoms with Crippen molar-refractivity contribution in [3.05, 3.63) is 29.8 Å². The van der Waals surface area contributed by atoms with E-state index < -0.39 is 0 Å². The minimum Gasteiger partial charge on any atom is -0.378 e. The number of benzene rings is 1. The summed E-state index contributed by atoms with van der Waals surface area (Å²) in [7, 11) is 0. The molecule has 0 aromatic heterocycles. The van der Waals surface area contributed by atoms with E-state index in [9.17, 15) is 9.59 Å². The quantitative estimate of drug-likeness (QED) is 0.859. The molecule has 7 nitrogen and oxygen atoms in total. The number of morpholine rings is 2. The molecule has 3 rings (SSSR count). The molecule has 0 radical (unpaired) electrons. The lowest BCUT2D eigenvalue weighted by Crippen LogP contribution is -2.49. The summed E-state index contributed by atoms with van der Waals surface area (Å²) >= 11 is 0. The first-order valence-corrected chi connectivity index (χ1v) is 8.72. The first kappa shape index (κ1) is 17.7. The minimum atomic E-state index is -0.169. The Morgan fingerprint density at radius 1 is 1.16 bits per heavy atom. The average molecular weight is 347 g/mol. The highest BCUT2D eigenvalue weighted by Gasteiger charge is 2.24. The Balaban J connectivity index is 1.60. The van der Waals surface area contributed by atoms with Gasteiger partial charge in [-0.05, 0) is 12.1 Å². The first-order valence-electron chi connectivity index (χ1n) is 8.72. The maximum absolute atomic E-state index is 12.7. The van der Waals surface area contributed by atoms with E-state index in [1.165, 1.54) is 0 Å². The second kappa shape index (κ2) is 8.31. The zero-order valence-electron chi connectivity index (χ0n) is 14.6. The van der Waals surface area contributed by atoms with Gasteiger partial charge in [-0.2, -0.15) is 0 Å². The molecule has 1 aromatic rings. The minimum absolute atomic E-state index is 0.0392. The molecule has 1 atom stereocenters. The van der Waals surface area contributed by atoms with Crippen LogP contribution in [-0.2, 0) is 14.3 Å². The molecule has 2 fully saturated rings. The highest BCUT2D eigenvalue weighted by atomic mass is 16.5. The Labute approximate surface area is 147 Å². The largest absolute Gasteiger partial charge is 0.378 e. The summed E-state index contributed by atoms with van der Waals surface area (Å²) in [4.78, 5) is 28.1. The van der Waals surface area contributed by atoms with Crippen molar-refractivity contribution >= 4 is 17.5 Å². The number of rotatable bonds is 4. The van der Waals surface area contributed by atoms with Gasteiger partial charge in [-0.3, -0.25) is 9.59 Å². The summed E-state index contributed by atoms with van der Waals surface area (Å²) in [5.41, 5.74) is 1.59. The molecule has 1 unspecified atom stereocenters. The van der Waals surface area contributed by atoms with Crippen molar-refractivity contribution in [2.75, 3.05) is 57.4 Å². The van der Waals surface area contributed by atoms with Gasteiger partial charge >= 0.3 is 0 Å². The maximum Gasteiger partial charge on any atom is 0.253 e. The van der Waals surface area contributed by atoms with Gasteiger partial charge in [0, 0.05) is 45.3 Å². The fourth-order valence-corrected chi connectivity index (χ4v) is 3.18. The molecular formula is C18H25N3O4. The van der Waals surface area contributed by atoms with E-state index in [4.69, 9.17) is 9.47 Å². The van der Waals surface area contributed by atoms with E-state index in [0.29, 0.717) is 45.0 Å². The summed E-state index contributed by atoms with van der Waals surface area (Å²) in [6.07, 6.45) is -0.169. The summed E-state index contributed by atoms with van der Waals surface area (Å²) in [6, 6.07) is 7.61. The Bertz CT molecular complexity index is 616. The van der Waals surface area contributed by atoms with Gasteiger partial charge in [-0.25, -0.2) is 0 Å². The smallest absolute Gasteiger partial charge is 0.253 e. The Hall–Kier alpha value is -2.12. The number of para-hydroxylation sites is 1. The maximum atomic E-state index is 12.7. The summed E-state index contributed by atoms with van der Waals surface area (Å²) in [5.74, 6) is -0.0806. The lowest BCUT2D eigenvalue weighted by atomic mass is 10.1. The highest BCUT2D eigenvalue weighted by Crippen LogP contribution is 2.21. The Kier molecular flexibility index (Phi) is 5.88. The number of nitrogens with zero attached hydrogens (tertiary/aromatic N) is 2. The third-order valence-electron chi connectivity index (χ3n) is 4.57. The van der Waals surface area contributed by atoms with Crippen LogP contribution >= 0.6 is 0 Å². The van der Waals surface area contributed by atoms with Crippen LogP contribution in [0.1, 0.15) is 17.3 Å². The summed E-state index contributed by atoms with van der Waals surface area (Å²) in [5, 5.41) is 2.95. The van der Waals surface area contributed by atoms with E-state index in [-0.39, 0.29) is 17.9 Å². The fourth-order valence-electron chi connectivity index (χ4n) is 3.18. The zero-order valence-corrected chi connectivity index (χ0v) is 14.6. The Morgan fingerprint density at radius 3 is 2.68 bits per heavy atom. The average Bonchev–Trinajstić information content (AvgIpc) is 2.67. The standard InChI is InChI=1S/C18H25N3O4/c1-14(22)21-8-11-25-15(13-21)12-19-18(23)16-4-2-3-5-17(16)20-6-9-24-10-7-20/h2-5,15H,6-13H2,1H3,(H,19,23). The Morgan fingerprint density at radius 2 is 1.92 bits per heavy atom. The number of amides is 2. The van der Waals surface area contributed by atoms with Gasteiger partial charge in [-0.1, -0.05) is 12.1 Å².